The maximum absolute atomic E-state index is 12.4. The monoisotopic (exact) mass is 266 g/mol. The van der Waals surface area contributed by atoms with Gasteiger partial charge in [-0.2, -0.15) is 0 Å². The predicted molar refractivity (Wildman–Crippen MR) is 79.0 cm³/mol. The predicted octanol–water partition coefficient (Wildman–Crippen LogP) is 2.00. The van der Waals surface area contributed by atoms with Crippen LogP contribution in [0.2, 0.25) is 0 Å². The van der Waals surface area contributed by atoms with Gasteiger partial charge in [-0.3, -0.25) is 9.59 Å². The van der Waals surface area contributed by atoms with Crippen LogP contribution >= 0.6 is 0 Å². The van der Waals surface area contributed by atoms with Crippen molar-refractivity contribution in [2.45, 2.75) is 0 Å². The summed E-state index contributed by atoms with van der Waals surface area (Å²) >= 11 is 0. The van der Waals surface area contributed by atoms with Crippen molar-refractivity contribution < 1.29 is 9.59 Å². The van der Waals surface area contributed by atoms with E-state index in [9.17, 15) is 9.59 Å². The lowest BCUT2D eigenvalue weighted by Gasteiger charge is -2.06. The normalized spacial score (nSPS) is 10.6. The van der Waals surface area contributed by atoms with E-state index in [0.29, 0.717) is 22.4 Å². The zero-order valence-corrected chi connectivity index (χ0v) is 10.7. The fraction of sp³-hybridized carbons (Fsp3) is 0. The molecule has 4 nitrogen and oxygen atoms in total. The van der Waals surface area contributed by atoms with Gasteiger partial charge in [0, 0.05) is 22.9 Å². The molecule has 2 aromatic rings. The number of nitrogen functional groups attached to an aromatic ring is 1. The largest absolute Gasteiger partial charge is 0.398 e. The molecule has 0 heterocycles. The van der Waals surface area contributed by atoms with E-state index in [4.69, 9.17) is 11.5 Å². The highest BCUT2D eigenvalue weighted by molar-refractivity contribution is 6.12. The van der Waals surface area contributed by atoms with Crippen molar-refractivity contribution in [3.05, 3.63) is 71.3 Å². The Morgan fingerprint density at radius 2 is 1.70 bits per heavy atom. The van der Waals surface area contributed by atoms with E-state index in [1.165, 1.54) is 6.08 Å². The molecule has 100 valence electrons. The van der Waals surface area contributed by atoms with Gasteiger partial charge in [0.15, 0.2) is 5.78 Å². The van der Waals surface area contributed by atoms with Gasteiger partial charge >= 0.3 is 0 Å². The van der Waals surface area contributed by atoms with E-state index in [-0.39, 0.29) is 5.78 Å². The van der Waals surface area contributed by atoms with E-state index in [2.05, 4.69) is 0 Å². The summed E-state index contributed by atoms with van der Waals surface area (Å²) in [4.78, 5) is 23.1. The minimum atomic E-state index is -0.544. The third-order valence-corrected chi connectivity index (χ3v) is 2.80. The van der Waals surface area contributed by atoms with Gasteiger partial charge in [0.1, 0.15) is 0 Å². The Morgan fingerprint density at radius 3 is 2.35 bits per heavy atom. The number of nitrogens with two attached hydrogens (primary N) is 2. The van der Waals surface area contributed by atoms with Crippen molar-refractivity contribution >= 4 is 23.5 Å². The topological polar surface area (TPSA) is 86.2 Å². The lowest BCUT2D eigenvalue weighted by atomic mass is 9.99. The fourth-order valence-corrected chi connectivity index (χ4v) is 1.80. The Bertz CT molecular complexity index is 676. The standard InChI is InChI=1S/C16H14N2O2/c17-14-8-6-11(7-9-15(18)19)10-13(14)16(20)12-4-2-1-3-5-12/h1-10H,17H2,(H2,18,19). The number of ketones is 1. The van der Waals surface area contributed by atoms with Crippen molar-refractivity contribution in [3.8, 4) is 0 Å². The highest BCUT2D eigenvalue weighted by Crippen LogP contribution is 2.19. The van der Waals surface area contributed by atoms with Gasteiger partial charge < -0.3 is 11.5 Å². The molecule has 20 heavy (non-hydrogen) atoms. The summed E-state index contributed by atoms with van der Waals surface area (Å²) in [7, 11) is 0. The molecule has 0 aromatic heterocycles. The summed E-state index contributed by atoms with van der Waals surface area (Å²) in [5, 5.41) is 0. The maximum atomic E-state index is 12.4. The summed E-state index contributed by atoms with van der Waals surface area (Å²) in [5.41, 5.74) is 12.9. The van der Waals surface area contributed by atoms with Crippen LogP contribution in [0.1, 0.15) is 21.5 Å². The number of rotatable bonds is 4. The quantitative estimate of drug-likeness (QED) is 0.504. The first-order valence-corrected chi connectivity index (χ1v) is 6.04. The highest BCUT2D eigenvalue weighted by atomic mass is 16.1. The third kappa shape index (κ3) is 3.11. The molecule has 4 N–H and O–H groups in total. The summed E-state index contributed by atoms with van der Waals surface area (Å²) < 4.78 is 0. The minimum absolute atomic E-state index is 0.155. The smallest absolute Gasteiger partial charge is 0.241 e. The number of carbonyl (C=O) groups is 2. The Hall–Kier alpha value is -2.88. The molecule has 0 aliphatic carbocycles. The van der Waals surface area contributed by atoms with Crippen LogP contribution in [0.15, 0.2) is 54.6 Å². The average Bonchev–Trinajstić information content (AvgIpc) is 2.46. The van der Waals surface area contributed by atoms with Crippen LogP contribution in [0.25, 0.3) is 6.08 Å². The number of benzene rings is 2. The second kappa shape index (κ2) is 5.84. The first kappa shape index (κ1) is 13.5. The molecular weight excluding hydrogens is 252 g/mol. The number of primary amides is 1. The van der Waals surface area contributed by atoms with Crippen LogP contribution < -0.4 is 11.5 Å². The molecule has 2 rings (SSSR count). The van der Waals surface area contributed by atoms with Gasteiger partial charge in [-0.15, -0.1) is 0 Å². The fourth-order valence-electron chi connectivity index (χ4n) is 1.80. The number of anilines is 1. The summed E-state index contributed by atoms with van der Waals surface area (Å²) in [5.74, 6) is -0.699. The first-order chi connectivity index (χ1) is 9.58. The number of hydrogen-bond donors (Lipinski definition) is 2. The van der Waals surface area contributed by atoms with Gasteiger partial charge in [-0.1, -0.05) is 36.4 Å². The molecule has 0 atom stereocenters. The Labute approximate surface area is 116 Å². The van der Waals surface area contributed by atoms with Crippen molar-refractivity contribution in [2.24, 2.45) is 5.73 Å². The molecule has 0 spiro atoms. The lowest BCUT2D eigenvalue weighted by molar-refractivity contribution is -0.113. The highest BCUT2D eigenvalue weighted by Gasteiger charge is 2.12. The van der Waals surface area contributed by atoms with Crippen LogP contribution in [0.5, 0.6) is 0 Å². The first-order valence-electron chi connectivity index (χ1n) is 6.04. The van der Waals surface area contributed by atoms with Crippen molar-refractivity contribution in [1.82, 2.24) is 0 Å². The summed E-state index contributed by atoms with van der Waals surface area (Å²) in [6.07, 6.45) is 2.78. The summed E-state index contributed by atoms with van der Waals surface area (Å²) in [6.45, 7) is 0. The van der Waals surface area contributed by atoms with Crippen molar-refractivity contribution in [2.75, 3.05) is 5.73 Å². The molecule has 1 amide bonds. The van der Waals surface area contributed by atoms with Gasteiger partial charge in [-0.05, 0) is 23.8 Å². The van der Waals surface area contributed by atoms with Crippen LogP contribution in [0, 0.1) is 0 Å². The minimum Gasteiger partial charge on any atom is -0.398 e. The Balaban J connectivity index is 2.39. The number of carbonyl (C=O) groups excluding carboxylic acids is 2. The van der Waals surface area contributed by atoms with E-state index >= 15 is 0 Å². The molecule has 0 aliphatic rings. The van der Waals surface area contributed by atoms with E-state index < -0.39 is 5.91 Å². The molecule has 0 aliphatic heterocycles. The van der Waals surface area contributed by atoms with Gasteiger partial charge in [0.25, 0.3) is 0 Å². The van der Waals surface area contributed by atoms with Crippen LogP contribution in [0.3, 0.4) is 0 Å². The molecule has 0 unspecified atom stereocenters. The average molecular weight is 266 g/mol. The van der Waals surface area contributed by atoms with Gasteiger partial charge in [0.05, 0.1) is 0 Å². The van der Waals surface area contributed by atoms with Crippen LogP contribution in [-0.2, 0) is 4.79 Å². The molecular formula is C16H14N2O2. The lowest BCUT2D eigenvalue weighted by Crippen LogP contribution is -2.06. The molecule has 0 bridgehead atoms. The Kier molecular flexibility index (Phi) is 3.96. The van der Waals surface area contributed by atoms with E-state index in [1.807, 2.05) is 6.07 Å². The molecule has 0 saturated carbocycles. The second-order valence-electron chi connectivity index (χ2n) is 4.28. The zero-order chi connectivity index (χ0) is 14.5. The molecule has 0 radical (unpaired) electrons. The van der Waals surface area contributed by atoms with Gasteiger partial charge in [-0.25, -0.2) is 0 Å². The molecule has 0 saturated heterocycles. The van der Waals surface area contributed by atoms with Crippen molar-refractivity contribution in [1.29, 1.82) is 0 Å². The van der Waals surface area contributed by atoms with Crippen molar-refractivity contribution in [3.63, 3.8) is 0 Å². The van der Waals surface area contributed by atoms with Gasteiger partial charge in [0.2, 0.25) is 5.91 Å². The van der Waals surface area contributed by atoms with Crippen LogP contribution in [0.4, 0.5) is 5.69 Å². The molecule has 2 aromatic carbocycles. The maximum Gasteiger partial charge on any atom is 0.241 e. The number of hydrogen-bond acceptors (Lipinski definition) is 3. The Morgan fingerprint density at radius 1 is 1.00 bits per heavy atom. The molecule has 4 heteroatoms. The number of amides is 1. The third-order valence-electron chi connectivity index (χ3n) is 2.80. The van der Waals surface area contributed by atoms with E-state index in [0.717, 1.165) is 0 Å². The molecule has 0 fully saturated rings. The summed E-state index contributed by atoms with van der Waals surface area (Å²) in [6, 6.07) is 13.9. The van der Waals surface area contributed by atoms with Crippen LogP contribution in [-0.4, -0.2) is 11.7 Å². The SMILES string of the molecule is NC(=O)C=Cc1ccc(N)c(C(=O)c2ccccc2)c1. The zero-order valence-electron chi connectivity index (χ0n) is 10.7. The van der Waals surface area contributed by atoms with E-state index in [1.54, 1.807) is 48.5 Å². The second-order valence-corrected chi connectivity index (χ2v) is 4.28.